The van der Waals surface area contributed by atoms with E-state index < -0.39 is 23.7 Å². The van der Waals surface area contributed by atoms with Crippen LogP contribution in [0.1, 0.15) is 11.1 Å². The Labute approximate surface area is 198 Å². The summed E-state index contributed by atoms with van der Waals surface area (Å²) in [7, 11) is 0. The summed E-state index contributed by atoms with van der Waals surface area (Å²) < 4.78 is 19.3. The first-order valence-corrected chi connectivity index (χ1v) is 10.4. The third-order valence-corrected chi connectivity index (χ3v) is 5.22. The Hall–Kier alpha value is -3.68. The molecule has 1 aliphatic rings. The molecule has 33 heavy (non-hydrogen) atoms. The van der Waals surface area contributed by atoms with E-state index in [4.69, 9.17) is 27.9 Å². The SMILES string of the molecule is O=C1NC(=O)N(c2ccccc2)C(=O)/C1=C/c1cc(Cl)cc(Cl)c1OCc1cccc(F)c1. The minimum absolute atomic E-state index is 0.0238. The molecule has 166 valence electrons. The standard InChI is InChI=1S/C24H15Cl2FN2O4/c25-16-10-15(21(20(26)12-16)33-13-14-5-4-6-17(27)9-14)11-19-22(30)28-24(32)29(23(19)31)18-7-2-1-3-8-18/h1-12H,13H2,(H,28,30,32)/b19-11+. The molecular weight excluding hydrogens is 470 g/mol. The highest BCUT2D eigenvalue weighted by atomic mass is 35.5. The lowest BCUT2D eigenvalue weighted by atomic mass is 10.1. The highest BCUT2D eigenvalue weighted by Gasteiger charge is 2.37. The number of carbonyl (C=O) groups excluding carboxylic acids is 3. The summed E-state index contributed by atoms with van der Waals surface area (Å²) in [6.45, 7) is -0.0238. The number of hydrogen-bond donors (Lipinski definition) is 1. The minimum Gasteiger partial charge on any atom is -0.487 e. The molecule has 1 heterocycles. The van der Waals surface area contributed by atoms with E-state index in [0.29, 0.717) is 11.3 Å². The van der Waals surface area contributed by atoms with Crippen LogP contribution in [0.3, 0.4) is 0 Å². The van der Waals surface area contributed by atoms with Gasteiger partial charge in [-0.15, -0.1) is 0 Å². The summed E-state index contributed by atoms with van der Waals surface area (Å²) in [6.07, 6.45) is 1.25. The Morgan fingerprint density at radius 3 is 2.45 bits per heavy atom. The predicted molar refractivity (Wildman–Crippen MR) is 123 cm³/mol. The van der Waals surface area contributed by atoms with Crippen molar-refractivity contribution in [2.75, 3.05) is 4.90 Å². The van der Waals surface area contributed by atoms with Crippen LogP contribution in [0.4, 0.5) is 14.9 Å². The summed E-state index contributed by atoms with van der Waals surface area (Å²) in [4.78, 5) is 38.8. The zero-order valence-electron chi connectivity index (χ0n) is 16.8. The second-order valence-corrected chi connectivity index (χ2v) is 7.86. The second-order valence-electron chi connectivity index (χ2n) is 7.02. The maximum atomic E-state index is 13.5. The van der Waals surface area contributed by atoms with Crippen molar-refractivity contribution in [3.8, 4) is 5.75 Å². The summed E-state index contributed by atoms with van der Waals surface area (Å²) in [5, 5.41) is 2.52. The van der Waals surface area contributed by atoms with Gasteiger partial charge < -0.3 is 4.74 Å². The van der Waals surface area contributed by atoms with Crippen LogP contribution in [0, 0.1) is 5.82 Å². The van der Waals surface area contributed by atoms with Crippen molar-refractivity contribution in [1.29, 1.82) is 0 Å². The summed E-state index contributed by atoms with van der Waals surface area (Å²) >= 11 is 12.4. The molecule has 0 unspecified atom stereocenters. The maximum Gasteiger partial charge on any atom is 0.335 e. The minimum atomic E-state index is -0.871. The van der Waals surface area contributed by atoms with Gasteiger partial charge in [0.2, 0.25) is 0 Å². The number of halogens is 3. The van der Waals surface area contributed by atoms with E-state index in [-0.39, 0.29) is 33.5 Å². The van der Waals surface area contributed by atoms with E-state index in [1.165, 1.54) is 30.3 Å². The highest BCUT2D eigenvalue weighted by molar-refractivity contribution is 6.40. The van der Waals surface area contributed by atoms with Gasteiger partial charge in [0.25, 0.3) is 11.8 Å². The third kappa shape index (κ3) is 4.89. The number of ether oxygens (including phenoxy) is 1. The third-order valence-electron chi connectivity index (χ3n) is 4.73. The molecule has 3 aromatic carbocycles. The molecule has 0 spiro atoms. The molecule has 1 N–H and O–H groups in total. The quantitative estimate of drug-likeness (QED) is 0.389. The number of hydrogen-bond acceptors (Lipinski definition) is 4. The fourth-order valence-corrected chi connectivity index (χ4v) is 3.81. The van der Waals surface area contributed by atoms with Gasteiger partial charge in [0.15, 0.2) is 0 Å². The molecule has 0 aromatic heterocycles. The number of urea groups is 1. The lowest BCUT2D eigenvalue weighted by molar-refractivity contribution is -0.122. The number of barbiturate groups is 1. The van der Waals surface area contributed by atoms with Crippen molar-refractivity contribution in [3.05, 3.63) is 99.3 Å². The number of para-hydroxylation sites is 1. The van der Waals surface area contributed by atoms with Crippen LogP contribution in [0.2, 0.25) is 10.0 Å². The van der Waals surface area contributed by atoms with Gasteiger partial charge in [0, 0.05) is 10.6 Å². The lowest BCUT2D eigenvalue weighted by Gasteiger charge is -2.26. The number of amides is 4. The fourth-order valence-electron chi connectivity index (χ4n) is 3.25. The average molecular weight is 485 g/mol. The maximum absolute atomic E-state index is 13.5. The summed E-state index contributed by atoms with van der Waals surface area (Å²) in [5.41, 5.74) is 0.772. The molecule has 0 radical (unpaired) electrons. The molecule has 0 saturated carbocycles. The molecule has 0 aliphatic carbocycles. The molecule has 0 atom stereocenters. The van der Waals surface area contributed by atoms with Crippen molar-refractivity contribution >= 4 is 52.8 Å². The smallest absolute Gasteiger partial charge is 0.335 e. The molecule has 1 aliphatic heterocycles. The van der Waals surface area contributed by atoms with Gasteiger partial charge in [-0.1, -0.05) is 53.5 Å². The first-order valence-electron chi connectivity index (χ1n) is 9.66. The molecule has 1 fully saturated rings. The van der Waals surface area contributed by atoms with Gasteiger partial charge in [0.05, 0.1) is 10.7 Å². The monoisotopic (exact) mass is 484 g/mol. The van der Waals surface area contributed by atoms with Crippen LogP contribution in [0.5, 0.6) is 5.75 Å². The number of rotatable bonds is 5. The number of carbonyl (C=O) groups is 3. The van der Waals surface area contributed by atoms with Gasteiger partial charge in [0.1, 0.15) is 23.7 Å². The van der Waals surface area contributed by atoms with Gasteiger partial charge >= 0.3 is 6.03 Å². The van der Waals surface area contributed by atoms with E-state index in [2.05, 4.69) is 5.32 Å². The predicted octanol–water partition coefficient (Wildman–Crippen LogP) is 5.38. The van der Waals surface area contributed by atoms with E-state index in [9.17, 15) is 18.8 Å². The Balaban J connectivity index is 1.71. The fraction of sp³-hybridized carbons (Fsp3) is 0.0417. The highest BCUT2D eigenvalue weighted by Crippen LogP contribution is 2.35. The second kappa shape index (κ2) is 9.44. The normalized spacial score (nSPS) is 15.1. The van der Waals surface area contributed by atoms with Gasteiger partial charge in [-0.05, 0) is 48.0 Å². The Kier molecular flexibility index (Phi) is 6.44. The van der Waals surface area contributed by atoms with Crippen LogP contribution < -0.4 is 15.0 Å². The topological polar surface area (TPSA) is 75.7 Å². The molecule has 9 heteroatoms. The zero-order valence-corrected chi connectivity index (χ0v) is 18.4. The van der Waals surface area contributed by atoms with Gasteiger partial charge in [-0.25, -0.2) is 14.1 Å². The van der Waals surface area contributed by atoms with Crippen LogP contribution in [-0.4, -0.2) is 17.8 Å². The Morgan fingerprint density at radius 1 is 0.970 bits per heavy atom. The van der Waals surface area contributed by atoms with Gasteiger partial charge in [-0.3, -0.25) is 14.9 Å². The van der Waals surface area contributed by atoms with Crippen LogP contribution >= 0.6 is 23.2 Å². The summed E-state index contributed by atoms with van der Waals surface area (Å²) in [6, 6.07) is 16.0. The van der Waals surface area contributed by atoms with Crippen molar-refractivity contribution < 1.29 is 23.5 Å². The van der Waals surface area contributed by atoms with E-state index in [0.717, 1.165) is 4.90 Å². The molecule has 4 amide bonds. The van der Waals surface area contributed by atoms with Crippen molar-refractivity contribution in [2.45, 2.75) is 6.61 Å². The Morgan fingerprint density at radius 2 is 1.73 bits per heavy atom. The molecule has 4 rings (SSSR count). The lowest BCUT2D eigenvalue weighted by Crippen LogP contribution is -2.54. The molecular formula is C24H15Cl2FN2O4. The molecule has 6 nitrogen and oxygen atoms in total. The largest absolute Gasteiger partial charge is 0.487 e. The van der Waals surface area contributed by atoms with Crippen molar-refractivity contribution in [2.24, 2.45) is 0 Å². The summed E-state index contributed by atoms with van der Waals surface area (Å²) in [5.74, 6) is -1.97. The van der Waals surface area contributed by atoms with E-state index >= 15 is 0 Å². The van der Waals surface area contributed by atoms with Gasteiger partial charge in [-0.2, -0.15) is 0 Å². The number of imide groups is 2. The first-order chi connectivity index (χ1) is 15.8. The number of benzene rings is 3. The Bertz CT molecular complexity index is 1290. The van der Waals surface area contributed by atoms with Crippen molar-refractivity contribution in [1.82, 2.24) is 5.32 Å². The molecule has 0 bridgehead atoms. The van der Waals surface area contributed by atoms with Crippen LogP contribution in [0.15, 0.2) is 72.3 Å². The van der Waals surface area contributed by atoms with E-state index in [1.54, 1.807) is 42.5 Å². The number of nitrogens with zero attached hydrogens (tertiary/aromatic N) is 1. The zero-order chi connectivity index (χ0) is 23.5. The van der Waals surface area contributed by atoms with Crippen LogP contribution in [0.25, 0.3) is 6.08 Å². The molecule has 1 saturated heterocycles. The van der Waals surface area contributed by atoms with Crippen molar-refractivity contribution in [3.63, 3.8) is 0 Å². The molecule has 3 aromatic rings. The average Bonchev–Trinajstić information content (AvgIpc) is 2.76. The first kappa shape index (κ1) is 22.5. The number of anilines is 1. The van der Waals surface area contributed by atoms with Crippen LogP contribution in [-0.2, 0) is 16.2 Å². The number of nitrogens with one attached hydrogen (secondary N) is 1. The van der Waals surface area contributed by atoms with E-state index in [1.807, 2.05) is 0 Å².